The molecular weight excluding hydrogens is 351 g/mol. The van der Waals surface area contributed by atoms with Crippen LogP contribution in [0.2, 0.25) is 0 Å². The number of carbonyl (C=O) groups excluding carboxylic acids is 1. The van der Waals surface area contributed by atoms with E-state index in [1.807, 2.05) is 0 Å². The molecule has 1 saturated heterocycles. The number of thiophene rings is 1. The summed E-state index contributed by atoms with van der Waals surface area (Å²) in [6, 6.07) is 4.28. The summed E-state index contributed by atoms with van der Waals surface area (Å²) in [4.78, 5) is 13.1. The number of carbonyl (C=O) groups is 1. The number of benzene rings is 1. The number of sulfonamides is 1. The second kappa shape index (κ2) is 6.42. The molecule has 1 unspecified atom stereocenters. The number of amides is 1. The first kappa shape index (κ1) is 17.3. The lowest BCUT2D eigenvalue weighted by Crippen LogP contribution is -2.49. The van der Waals surface area contributed by atoms with Gasteiger partial charge in [0.2, 0.25) is 10.0 Å². The minimum atomic E-state index is -3.25. The van der Waals surface area contributed by atoms with Gasteiger partial charge in [-0.15, -0.1) is 11.3 Å². The number of halogens is 1. The molecule has 24 heavy (non-hydrogen) atoms. The monoisotopic (exact) mass is 370 g/mol. The van der Waals surface area contributed by atoms with Gasteiger partial charge in [0.05, 0.1) is 11.1 Å². The van der Waals surface area contributed by atoms with Crippen molar-refractivity contribution in [3.63, 3.8) is 0 Å². The Hall–Kier alpha value is -1.51. The quantitative estimate of drug-likeness (QED) is 0.903. The second-order valence-corrected chi connectivity index (χ2v) is 9.16. The van der Waals surface area contributed by atoms with E-state index < -0.39 is 10.0 Å². The number of hydrogen-bond acceptors (Lipinski definition) is 4. The third-order valence-corrected chi connectivity index (χ3v) is 6.83. The summed E-state index contributed by atoms with van der Waals surface area (Å²) in [5.74, 6) is -0.555. The average Bonchev–Trinajstić information content (AvgIpc) is 2.84. The van der Waals surface area contributed by atoms with E-state index in [2.05, 4.69) is 5.32 Å². The van der Waals surface area contributed by atoms with Gasteiger partial charge < -0.3 is 5.32 Å². The maximum absolute atomic E-state index is 13.4. The fourth-order valence-electron chi connectivity index (χ4n) is 3.02. The van der Waals surface area contributed by atoms with E-state index in [-0.39, 0.29) is 17.8 Å². The van der Waals surface area contributed by atoms with E-state index in [9.17, 15) is 17.6 Å². The first-order valence-electron chi connectivity index (χ1n) is 7.70. The van der Waals surface area contributed by atoms with Gasteiger partial charge in [0, 0.05) is 23.8 Å². The molecular formula is C16H19FN2O3S2. The Kier molecular flexibility index (Phi) is 4.63. The number of aryl methyl sites for hydroxylation is 1. The van der Waals surface area contributed by atoms with Crippen LogP contribution >= 0.6 is 11.3 Å². The summed E-state index contributed by atoms with van der Waals surface area (Å²) in [6.45, 7) is 2.59. The number of nitrogens with one attached hydrogen (secondary N) is 1. The van der Waals surface area contributed by atoms with Crippen LogP contribution < -0.4 is 5.32 Å². The molecule has 1 aromatic carbocycles. The van der Waals surface area contributed by atoms with Crippen LogP contribution in [0.15, 0.2) is 18.2 Å². The lowest BCUT2D eigenvalue weighted by Gasteiger charge is -2.31. The van der Waals surface area contributed by atoms with Crippen LogP contribution in [0.4, 0.5) is 4.39 Å². The summed E-state index contributed by atoms with van der Waals surface area (Å²) in [6.07, 6.45) is 2.65. The summed E-state index contributed by atoms with van der Waals surface area (Å²) in [5.41, 5.74) is 0.753. The Morgan fingerprint density at radius 3 is 2.88 bits per heavy atom. The SMILES string of the molecule is Cc1c(C(=O)NC2CCCN(S(C)(=O)=O)C2)sc2ccc(F)cc12. The number of fused-ring (bicyclic) bond motifs is 1. The minimum Gasteiger partial charge on any atom is -0.347 e. The summed E-state index contributed by atoms with van der Waals surface area (Å²) in [7, 11) is -3.25. The normalized spacial score (nSPS) is 19.5. The van der Waals surface area contributed by atoms with Crippen molar-refractivity contribution < 1.29 is 17.6 Å². The van der Waals surface area contributed by atoms with Crippen molar-refractivity contribution in [3.8, 4) is 0 Å². The highest BCUT2D eigenvalue weighted by atomic mass is 32.2. The van der Waals surface area contributed by atoms with Gasteiger partial charge >= 0.3 is 0 Å². The van der Waals surface area contributed by atoms with E-state index in [0.717, 1.165) is 22.1 Å². The molecule has 1 fully saturated rings. The molecule has 1 aromatic heterocycles. The second-order valence-electron chi connectivity index (χ2n) is 6.13. The zero-order valence-corrected chi connectivity index (χ0v) is 15.1. The number of hydrogen-bond donors (Lipinski definition) is 1. The fraction of sp³-hybridized carbons (Fsp3) is 0.438. The number of piperidine rings is 1. The predicted octanol–water partition coefficient (Wildman–Crippen LogP) is 2.50. The molecule has 0 saturated carbocycles. The van der Waals surface area contributed by atoms with E-state index in [1.165, 1.54) is 34.0 Å². The van der Waals surface area contributed by atoms with E-state index >= 15 is 0 Å². The van der Waals surface area contributed by atoms with Gasteiger partial charge in [-0.2, -0.15) is 0 Å². The van der Waals surface area contributed by atoms with Crippen molar-refractivity contribution in [2.24, 2.45) is 0 Å². The molecule has 0 aliphatic carbocycles. The molecule has 0 radical (unpaired) electrons. The average molecular weight is 370 g/mol. The van der Waals surface area contributed by atoms with Crippen LogP contribution in [0.1, 0.15) is 28.1 Å². The molecule has 2 heterocycles. The van der Waals surface area contributed by atoms with Crippen molar-refractivity contribution >= 4 is 37.4 Å². The summed E-state index contributed by atoms with van der Waals surface area (Å²) < 4.78 is 39.0. The molecule has 0 bridgehead atoms. The third kappa shape index (κ3) is 3.45. The number of nitrogens with zero attached hydrogens (tertiary/aromatic N) is 1. The third-order valence-electron chi connectivity index (χ3n) is 4.29. The largest absolute Gasteiger partial charge is 0.347 e. The Morgan fingerprint density at radius 2 is 2.17 bits per heavy atom. The summed E-state index contributed by atoms with van der Waals surface area (Å²) >= 11 is 1.33. The van der Waals surface area contributed by atoms with Gasteiger partial charge in [-0.3, -0.25) is 4.79 Å². The van der Waals surface area contributed by atoms with Gasteiger partial charge in [0.15, 0.2) is 0 Å². The molecule has 3 rings (SSSR count). The van der Waals surface area contributed by atoms with Crippen LogP contribution in [-0.4, -0.2) is 44.0 Å². The molecule has 5 nitrogen and oxygen atoms in total. The van der Waals surface area contributed by atoms with E-state index in [1.54, 1.807) is 13.0 Å². The summed E-state index contributed by atoms with van der Waals surface area (Å²) in [5, 5.41) is 3.67. The molecule has 1 atom stereocenters. The molecule has 1 aliphatic rings. The Bertz CT molecular complexity index is 892. The maximum Gasteiger partial charge on any atom is 0.261 e. The molecule has 1 N–H and O–H groups in total. The van der Waals surface area contributed by atoms with Crippen molar-refractivity contribution in [2.45, 2.75) is 25.8 Å². The smallest absolute Gasteiger partial charge is 0.261 e. The Labute approximate surface area is 144 Å². The highest BCUT2D eigenvalue weighted by Gasteiger charge is 2.28. The van der Waals surface area contributed by atoms with Crippen molar-refractivity contribution in [1.29, 1.82) is 0 Å². The molecule has 130 valence electrons. The highest BCUT2D eigenvalue weighted by molar-refractivity contribution is 7.88. The van der Waals surface area contributed by atoms with Crippen LogP contribution in [-0.2, 0) is 10.0 Å². The van der Waals surface area contributed by atoms with E-state index in [4.69, 9.17) is 0 Å². The first-order chi connectivity index (χ1) is 11.3. The Balaban J connectivity index is 1.79. The standard InChI is InChI=1S/C16H19FN2O3S2/c1-10-13-8-11(17)5-6-14(13)23-15(10)16(20)18-12-4-3-7-19(9-12)24(2,21)22/h5-6,8,12H,3-4,7,9H2,1-2H3,(H,18,20). The lowest BCUT2D eigenvalue weighted by atomic mass is 10.1. The van der Waals surface area contributed by atoms with E-state index in [0.29, 0.717) is 24.4 Å². The molecule has 2 aromatic rings. The topological polar surface area (TPSA) is 66.5 Å². The van der Waals surface area contributed by atoms with Gasteiger partial charge in [0.25, 0.3) is 5.91 Å². The van der Waals surface area contributed by atoms with Crippen LogP contribution in [0.3, 0.4) is 0 Å². The van der Waals surface area contributed by atoms with Gasteiger partial charge in [-0.1, -0.05) is 0 Å². The number of rotatable bonds is 3. The predicted molar refractivity (Wildman–Crippen MR) is 93.4 cm³/mol. The van der Waals surface area contributed by atoms with Crippen LogP contribution in [0, 0.1) is 12.7 Å². The zero-order chi connectivity index (χ0) is 17.5. The fourth-order valence-corrected chi connectivity index (χ4v) is 5.03. The molecule has 1 aliphatic heterocycles. The zero-order valence-electron chi connectivity index (χ0n) is 13.5. The molecule has 1 amide bonds. The minimum absolute atomic E-state index is 0.206. The molecule has 0 spiro atoms. The van der Waals surface area contributed by atoms with Crippen molar-refractivity contribution in [1.82, 2.24) is 9.62 Å². The van der Waals surface area contributed by atoms with Crippen LogP contribution in [0.25, 0.3) is 10.1 Å². The molecule has 8 heteroatoms. The lowest BCUT2D eigenvalue weighted by molar-refractivity contribution is 0.0925. The Morgan fingerprint density at radius 1 is 1.42 bits per heavy atom. The highest BCUT2D eigenvalue weighted by Crippen LogP contribution is 2.31. The van der Waals surface area contributed by atoms with Crippen molar-refractivity contribution in [3.05, 3.63) is 34.5 Å². The van der Waals surface area contributed by atoms with Crippen molar-refractivity contribution in [2.75, 3.05) is 19.3 Å². The van der Waals surface area contributed by atoms with Crippen LogP contribution in [0.5, 0.6) is 0 Å². The van der Waals surface area contributed by atoms with Gasteiger partial charge in [-0.05, 0) is 48.9 Å². The maximum atomic E-state index is 13.4. The first-order valence-corrected chi connectivity index (χ1v) is 10.4. The van der Waals surface area contributed by atoms with Gasteiger partial charge in [-0.25, -0.2) is 17.1 Å². The van der Waals surface area contributed by atoms with Gasteiger partial charge in [0.1, 0.15) is 5.82 Å².